The third-order valence-electron chi connectivity index (χ3n) is 4.46. The molecule has 0 spiro atoms. The van der Waals surface area contributed by atoms with Gasteiger partial charge in [0, 0.05) is 15.4 Å². The summed E-state index contributed by atoms with van der Waals surface area (Å²) in [6.45, 7) is 0. The number of anilines is 1. The van der Waals surface area contributed by atoms with Gasteiger partial charge in [-0.2, -0.15) is 5.26 Å². The van der Waals surface area contributed by atoms with Crippen molar-refractivity contribution in [2.45, 2.75) is 5.16 Å². The first kappa shape index (κ1) is 21.2. The molecule has 0 aliphatic carbocycles. The average Bonchev–Trinajstić information content (AvgIpc) is 3.08. The molecule has 1 amide bonds. The molecule has 0 radical (unpaired) electrons. The van der Waals surface area contributed by atoms with E-state index in [0.29, 0.717) is 0 Å². The van der Waals surface area contributed by atoms with Crippen LogP contribution in [0.1, 0.15) is 5.56 Å². The molecule has 0 atom stereocenters. The number of rotatable bonds is 3. The number of thioether (sulfide) groups is 1. The van der Waals surface area contributed by atoms with Gasteiger partial charge >= 0.3 is 6.09 Å². The molecule has 31 heavy (non-hydrogen) atoms. The molecule has 0 aliphatic heterocycles. The summed E-state index contributed by atoms with van der Waals surface area (Å²) in [5.74, 6) is -1.52. The molecule has 0 bridgehead atoms. The zero-order valence-electron chi connectivity index (χ0n) is 15.3. The summed E-state index contributed by atoms with van der Waals surface area (Å²) in [5.41, 5.74) is -0.708. The number of amides is 1. The molecule has 12 heteroatoms. The summed E-state index contributed by atoms with van der Waals surface area (Å²) in [4.78, 5) is 30.1. The lowest BCUT2D eigenvalue weighted by Gasteiger charge is -2.12. The first-order valence-corrected chi connectivity index (χ1v) is 11.2. The molecule has 0 saturated heterocycles. The number of thiophene rings is 1. The number of nitrogens with one attached hydrogen (secondary N) is 2. The second-order valence-electron chi connectivity index (χ2n) is 6.17. The largest absolute Gasteiger partial charge is 0.465 e. The van der Waals surface area contributed by atoms with E-state index >= 15 is 4.39 Å². The monoisotopic (exact) mass is 522 g/mol. The fourth-order valence-corrected chi connectivity index (χ4v) is 5.27. The molecule has 2 aromatic carbocycles. The minimum atomic E-state index is -1.42. The van der Waals surface area contributed by atoms with Crippen LogP contribution in [-0.4, -0.2) is 27.4 Å². The Labute approximate surface area is 188 Å². The van der Waals surface area contributed by atoms with Crippen molar-refractivity contribution in [1.29, 1.82) is 5.26 Å². The van der Waals surface area contributed by atoms with E-state index in [0.717, 1.165) is 29.2 Å². The van der Waals surface area contributed by atoms with E-state index in [9.17, 15) is 19.2 Å². The molecule has 0 fully saturated rings. The van der Waals surface area contributed by atoms with E-state index in [2.05, 4.69) is 31.2 Å². The highest BCUT2D eigenvalue weighted by molar-refractivity contribution is 9.10. The number of carboxylic acid groups (broad SMARTS) is 1. The number of nitrogens with zero attached hydrogens (tertiary/aromatic N) is 2. The van der Waals surface area contributed by atoms with E-state index in [1.807, 2.05) is 6.07 Å². The van der Waals surface area contributed by atoms with Gasteiger partial charge in [-0.15, -0.1) is 11.3 Å². The van der Waals surface area contributed by atoms with Gasteiger partial charge in [-0.05, 0) is 24.0 Å². The van der Waals surface area contributed by atoms with E-state index in [1.165, 1.54) is 12.1 Å². The van der Waals surface area contributed by atoms with Crippen LogP contribution in [0.2, 0.25) is 0 Å². The van der Waals surface area contributed by atoms with E-state index in [-0.39, 0.29) is 52.3 Å². The summed E-state index contributed by atoms with van der Waals surface area (Å²) in [6.07, 6.45) is 0.253. The molecule has 4 aromatic rings. The third-order valence-corrected chi connectivity index (χ3v) is 6.78. The normalized spacial score (nSPS) is 11.1. The molecule has 2 aromatic heterocycles. The summed E-state index contributed by atoms with van der Waals surface area (Å²) < 4.78 is 30.4. The van der Waals surface area contributed by atoms with Crippen LogP contribution in [0.5, 0.6) is 0 Å². The Hall–Kier alpha value is -3.01. The Morgan fingerprint density at radius 1 is 1.42 bits per heavy atom. The number of nitriles is 1. The fourth-order valence-electron chi connectivity index (χ4n) is 3.20. The van der Waals surface area contributed by atoms with Gasteiger partial charge in [-0.25, -0.2) is 18.6 Å². The number of hydrogen-bond donors (Lipinski definition) is 3. The number of H-pyrrole nitrogens is 1. The molecule has 0 saturated carbocycles. The van der Waals surface area contributed by atoms with E-state index < -0.39 is 23.3 Å². The Morgan fingerprint density at radius 3 is 2.81 bits per heavy atom. The van der Waals surface area contributed by atoms with Crippen LogP contribution in [0.25, 0.3) is 32.1 Å². The SMILES string of the molecule is CSc1nc2c(F)c(-c3ccc(F)c4sc(NC(=O)O)c(C#N)c34)c(Br)cc2c(=O)[nH]1. The first-order valence-electron chi connectivity index (χ1n) is 8.38. The van der Waals surface area contributed by atoms with Crippen LogP contribution in [0.15, 0.2) is 32.6 Å². The van der Waals surface area contributed by atoms with Crippen LogP contribution in [-0.2, 0) is 0 Å². The average molecular weight is 523 g/mol. The third kappa shape index (κ3) is 3.44. The molecule has 3 N–H and O–H groups in total. The predicted molar refractivity (Wildman–Crippen MR) is 119 cm³/mol. The highest BCUT2D eigenvalue weighted by Crippen LogP contribution is 2.45. The lowest BCUT2D eigenvalue weighted by molar-refractivity contribution is 0.210. The van der Waals surface area contributed by atoms with Crippen molar-refractivity contribution in [3.05, 3.63) is 50.2 Å². The highest BCUT2D eigenvalue weighted by atomic mass is 79.9. The molecular formula is C19H9BrF2N4O3S2. The smallest absolute Gasteiger partial charge is 0.409 e. The lowest BCUT2D eigenvalue weighted by atomic mass is 9.97. The number of hydrogen-bond acceptors (Lipinski definition) is 6. The van der Waals surface area contributed by atoms with Gasteiger partial charge in [0.2, 0.25) is 0 Å². The summed E-state index contributed by atoms with van der Waals surface area (Å²) in [7, 11) is 0. The van der Waals surface area contributed by atoms with Crippen molar-refractivity contribution in [2.24, 2.45) is 0 Å². The summed E-state index contributed by atoms with van der Waals surface area (Å²) >= 11 is 5.13. The van der Waals surface area contributed by atoms with Gasteiger partial charge in [0.1, 0.15) is 22.4 Å². The number of aromatic amines is 1. The standard InChI is InChI=1S/C19H9BrF2N4O3S2/c1-30-18-24-14-7(16(27)25-18)4-9(20)12(13(14)22)6-2-3-10(21)15-11(6)8(5-23)17(31-15)26-19(28)29/h2-4,26H,1H3,(H,28,29)(H,24,25,27). The van der Waals surface area contributed by atoms with Crippen molar-refractivity contribution in [3.63, 3.8) is 0 Å². The van der Waals surface area contributed by atoms with Crippen LogP contribution < -0.4 is 10.9 Å². The van der Waals surface area contributed by atoms with Crippen LogP contribution in [0.4, 0.5) is 18.6 Å². The summed E-state index contributed by atoms with van der Waals surface area (Å²) in [5, 5.41) is 21.0. The molecule has 0 aliphatic rings. The summed E-state index contributed by atoms with van der Waals surface area (Å²) in [6, 6.07) is 5.67. The van der Waals surface area contributed by atoms with Gasteiger partial charge in [0.25, 0.3) is 5.56 Å². The van der Waals surface area contributed by atoms with E-state index in [4.69, 9.17) is 5.11 Å². The number of fused-ring (bicyclic) bond motifs is 2. The minimum absolute atomic E-state index is 0.00660. The predicted octanol–water partition coefficient (Wildman–Crippen LogP) is 5.53. The number of halogens is 3. The minimum Gasteiger partial charge on any atom is -0.465 e. The molecule has 2 heterocycles. The Kier molecular flexibility index (Phi) is 5.42. The quantitative estimate of drug-likeness (QED) is 0.240. The van der Waals surface area contributed by atoms with Crippen LogP contribution in [0.3, 0.4) is 0 Å². The molecule has 0 unspecified atom stereocenters. The van der Waals surface area contributed by atoms with Crippen LogP contribution in [0, 0.1) is 23.0 Å². The lowest BCUT2D eigenvalue weighted by Crippen LogP contribution is -2.10. The Balaban J connectivity index is 2.14. The zero-order valence-corrected chi connectivity index (χ0v) is 18.6. The fraction of sp³-hybridized carbons (Fsp3) is 0.0526. The second kappa shape index (κ2) is 7.92. The number of benzene rings is 2. The van der Waals surface area contributed by atoms with Gasteiger partial charge in [-0.3, -0.25) is 10.1 Å². The van der Waals surface area contributed by atoms with E-state index in [1.54, 1.807) is 6.26 Å². The second-order valence-corrected chi connectivity index (χ2v) is 8.84. The van der Waals surface area contributed by atoms with Crippen molar-refractivity contribution >= 4 is 71.1 Å². The maximum Gasteiger partial charge on any atom is 0.409 e. The number of carbonyl (C=O) groups is 1. The van der Waals surface area contributed by atoms with Crippen molar-refractivity contribution in [1.82, 2.24) is 9.97 Å². The highest BCUT2D eigenvalue weighted by Gasteiger charge is 2.25. The topological polar surface area (TPSA) is 119 Å². The maximum atomic E-state index is 15.7. The van der Waals surface area contributed by atoms with Crippen molar-refractivity contribution < 1.29 is 18.7 Å². The molecule has 156 valence electrons. The van der Waals surface area contributed by atoms with Crippen molar-refractivity contribution in [3.8, 4) is 17.2 Å². The van der Waals surface area contributed by atoms with Gasteiger partial charge in [0.05, 0.1) is 15.6 Å². The Morgan fingerprint density at radius 2 is 2.16 bits per heavy atom. The maximum absolute atomic E-state index is 15.7. The van der Waals surface area contributed by atoms with Gasteiger partial charge in [0.15, 0.2) is 11.0 Å². The number of aromatic nitrogens is 2. The van der Waals surface area contributed by atoms with Gasteiger partial charge < -0.3 is 10.1 Å². The molecule has 7 nitrogen and oxygen atoms in total. The molecular weight excluding hydrogens is 514 g/mol. The van der Waals surface area contributed by atoms with Crippen LogP contribution >= 0.6 is 39.0 Å². The molecule has 4 rings (SSSR count). The zero-order chi connectivity index (χ0) is 22.4. The van der Waals surface area contributed by atoms with Gasteiger partial charge in [-0.1, -0.05) is 33.8 Å². The Bertz CT molecular complexity index is 1510. The first-order chi connectivity index (χ1) is 14.8. The van der Waals surface area contributed by atoms with Crippen molar-refractivity contribution in [2.75, 3.05) is 11.6 Å².